The third-order valence-corrected chi connectivity index (χ3v) is 4.62. The van der Waals surface area contributed by atoms with Crippen molar-refractivity contribution >= 4 is 27.3 Å². The van der Waals surface area contributed by atoms with Gasteiger partial charge in [0.25, 0.3) is 0 Å². The Morgan fingerprint density at radius 1 is 1.22 bits per heavy atom. The first-order valence-corrected chi connectivity index (χ1v) is 7.33. The van der Waals surface area contributed by atoms with Gasteiger partial charge in [-0.3, -0.25) is 0 Å². The van der Waals surface area contributed by atoms with E-state index in [-0.39, 0.29) is 11.9 Å². The molecule has 1 aromatic carbocycles. The van der Waals surface area contributed by atoms with Crippen LogP contribution in [0.1, 0.15) is 26.9 Å². The largest absolute Gasteiger partial charge is 0.309 e. The Hall–Kier alpha value is -0.710. The Kier molecular flexibility index (Phi) is 4.20. The summed E-state index contributed by atoms with van der Waals surface area (Å²) in [5.74, 6) is -0.223. The molecule has 1 atom stereocenters. The molecule has 2 aromatic rings. The molecule has 0 fully saturated rings. The summed E-state index contributed by atoms with van der Waals surface area (Å²) < 4.78 is 13.9. The van der Waals surface area contributed by atoms with Crippen molar-refractivity contribution in [3.05, 3.63) is 55.4 Å². The van der Waals surface area contributed by atoms with Crippen molar-refractivity contribution in [2.45, 2.75) is 19.9 Å². The van der Waals surface area contributed by atoms with Gasteiger partial charge in [-0.25, -0.2) is 4.39 Å². The molecule has 1 heterocycles. The first-order chi connectivity index (χ1) is 8.52. The molecule has 96 valence electrons. The summed E-state index contributed by atoms with van der Waals surface area (Å²) >= 11 is 5.23. The van der Waals surface area contributed by atoms with E-state index >= 15 is 0 Å². The van der Waals surface area contributed by atoms with Crippen LogP contribution in [0, 0.1) is 19.7 Å². The summed E-state index contributed by atoms with van der Waals surface area (Å²) in [6.45, 7) is 4.22. The number of hydrogen-bond acceptors (Lipinski definition) is 2. The average Bonchev–Trinajstić information content (AvgIpc) is 2.62. The minimum Gasteiger partial charge on any atom is -0.309 e. The van der Waals surface area contributed by atoms with Gasteiger partial charge in [0.15, 0.2) is 0 Å². The third-order valence-electron chi connectivity index (χ3n) is 2.95. The van der Waals surface area contributed by atoms with Gasteiger partial charge in [-0.2, -0.15) is 0 Å². The minimum atomic E-state index is -0.223. The molecule has 0 aliphatic rings. The molecular formula is C14H15BrFNS. The summed E-state index contributed by atoms with van der Waals surface area (Å²) in [7, 11) is 1.92. The zero-order chi connectivity index (χ0) is 13.3. The Morgan fingerprint density at radius 2 is 1.94 bits per heavy atom. The molecule has 0 radical (unpaired) electrons. The highest BCUT2D eigenvalue weighted by molar-refractivity contribution is 9.10. The second-order valence-corrected chi connectivity index (χ2v) is 6.57. The predicted octanol–water partition coefficient (Wildman–Crippen LogP) is 4.58. The summed E-state index contributed by atoms with van der Waals surface area (Å²) in [5, 5.41) is 3.30. The molecule has 1 N–H and O–H groups in total. The molecule has 0 bridgehead atoms. The molecule has 1 nitrogen and oxygen atoms in total. The van der Waals surface area contributed by atoms with Gasteiger partial charge in [0.1, 0.15) is 5.82 Å². The fraction of sp³-hybridized carbons (Fsp3) is 0.286. The molecule has 0 saturated heterocycles. The van der Waals surface area contributed by atoms with E-state index in [0.717, 1.165) is 10.0 Å². The standard InChI is InChI=1S/C14H15BrFNS/c1-8-6-12(9(2)18-8)14(17-3)11-5-4-10(16)7-13(11)15/h4-7,14,17H,1-3H3. The molecule has 0 aliphatic carbocycles. The Morgan fingerprint density at radius 3 is 2.44 bits per heavy atom. The fourth-order valence-corrected chi connectivity index (χ4v) is 3.69. The van der Waals surface area contributed by atoms with E-state index in [1.165, 1.54) is 27.5 Å². The van der Waals surface area contributed by atoms with E-state index < -0.39 is 0 Å². The smallest absolute Gasteiger partial charge is 0.124 e. The highest BCUT2D eigenvalue weighted by Crippen LogP contribution is 2.34. The van der Waals surface area contributed by atoms with Crippen LogP contribution in [-0.4, -0.2) is 7.05 Å². The van der Waals surface area contributed by atoms with Gasteiger partial charge in [0.2, 0.25) is 0 Å². The molecule has 0 amide bonds. The Labute approximate surface area is 119 Å². The van der Waals surface area contributed by atoms with Gasteiger partial charge in [0.05, 0.1) is 6.04 Å². The molecule has 1 unspecified atom stereocenters. The highest BCUT2D eigenvalue weighted by atomic mass is 79.9. The second-order valence-electron chi connectivity index (χ2n) is 4.26. The van der Waals surface area contributed by atoms with Gasteiger partial charge in [0, 0.05) is 14.2 Å². The average molecular weight is 328 g/mol. The lowest BCUT2D eigenvalue weighted by Crippen LogP contribution is -2.18. The van der Waals surface area contributed by atoms with Crippen molar-refractivity contribution in [2.75, 3.05) is 7.05 Å². The quantitative estimate of drug-likeness (QED) is 0.870. The van der Waals surface area contributed by atoms with Gasteiger partial charge in [-0.15, -0.1) is 11.3 Å². The number of rotatable bonds is 3. The summed E-state index contributed by atoms with van der Waals surface area (Å²) in [6, 6.07) is 7.11. The zero-order valence-electron chi connectivity index (χ0n) is 10.6. The Balaban J connectivity index is 2.48. The molecule has 0 saturated carbocycles. The van der Waals surface area contributed by atoms with Crippen LogP contribution in [0.5, 0.6) is 0 Å². The van der Waals surface area contributed by atoms with E-state index in [2.05, 4.69) is 41.2 Å². The lowest BCUT2D eigenvalue weighted by Gasteiger charge is -2.18. The van der Waals surface area contributed by atoms with E-state index in [0.29, 0.717) is 0 Å². The van der Waals surface area contributed by atoms with Gasteiger partial charge >= 0.3 is 0 Å². The van der Waals surface area contributed by atoms with Crippen LogP contribution >= 0.6 is 27.3 Å². The van der Waals surface area contributed by atoms with Crippen molar-refractivity contribution < 1.29 is 4.39 Å². The Bertz CT molecular complexity index is 565. The van der Waals surface area contributed by atoms with Crippen LogP contribution in [0.3, 0.4) is 0 Å². The lowest BCUT2D eigenvalue weighted by molar-refractivity contribution is 0.621. The molecule has 0 spiro atoms. The molecular weight excluding hydrogens is 313 g/mol. The van der Waals surface area contributed by atoms with E-state index in [1.54, 1.807) is 11.3 Å². The molecule has 18 heavy (non-hydrogen) atoms. The maximum absolute atomic E-state index is 13.2. The summed E-state index contributed by atoms with van der Waals surface area (Å²) in [5.41, 5.74) is 2.31. The first kappa shape index (κ1) is 13.7. The number of aryl methyl sites for hydroxylation is 2. The molecule has 4 heteroatoms. The second kappa shape index (κ2) is 5.51. The van der Waals surface area contributed by atoms with Gasteiger partial charge in [-0.05, 0) is 50.2 Å². The number of halogens is 2. The van der Waals surface area contributed by atoms with Crippen LogP contribution in [0.25, 0.3) is 0 Å². The van der Waals surface area contributed by atoms with E-state index in [1.807, 2.05) is 13.1 Å². The molecule has 1 aromatic heterocycles. The van der Waals surface area contributed by atoms with E-state index in [9.17, 15) is 4.39 Å². The number of thiophene rings is 1. The third kappa shape index (κ3) is 2.66. The van der Waals surface area contributed by atoms with Crippen LogP contribution in [0.2, 0.25) is 0 Å². The molecule has 0 aliphatic heterocycles. The summed E-state index contributed by atoms with van der Waals surface area (Å²) in [4.78, 5) is 2.59. The van der Waals surface area contributed by atoms with Crippen LogP contribution in [0.15, 0.2) is 28.7 Å². The maximum atomic E-state index is 13.2. The van der Waals surface area contributed by atoms with E-state index in [4.69, 9.17) is 0 Å². The zero-order valence-corrected chi connectivity index (χ0v) is 13.0. The SMILES string of the molecule is CNC(c1ccc(F)cc1Br)c1cc(C)sc1C. The van der Waals surface area contributed by atoms with Gasteiger partial charge < -0.3 is 5.32 Å². The van der Waals surface area contributed by atoms with Crippen molar-refractivity contribution in [3.8, 4) is 0 Å². The fourth-order valence-electron chi connectivity index (χ4n) is 2.15. The van der Waals surface area contributed by atoms with Crippen molar-refractivity contribution in [1.29, 1.82) is 0 Å². The maximum Gasteiger partial charge on any atom is 0.124 e. The number of benzene rings is 1. The highest BCUT2D eigenvalue weighted by Gasteiger charge is 2.18. The molecule has 2 rings (SSSR count). The van der Waals surface area contributed by atoms with Crippen LogP contribution < -0.4 is 5.32 Å². The van der Waals surface area contributed by atoms with Gasteiger partial charge in [-0.1, -0.05) is 22.0 Å². The number of nitrogens with one attached hydrogen (secondary N) is 1. The van der Waals surface area contributed by atoms with Crippen molar-refractivity contribution in [1.82, 2.24) is 5.32 Å². The normalized spacial score (nSPS) is 12.7. The minimum absolute atomic E-state index is 0.0879. The van der Waals surface area contributed by atoms with Crippen LogP contribution in [-0.2, 0) is 0 Å². The monoisotopic (exact) mass is 327 g/mol. The van der Waals surface area contributed by atoms with Crippen molar-refractivity contribution in [3.63, 3.8) is 0 Å². The van der Waals surface area contributed by atoms with Crippen LogP contribution in [0.4, 0.5) is 4.39 Å². The predicted molar refractivity (Wildman–Crippen MR) is 78.8 cm³/mol. The summed E-state index contributed by atoms with van der Waals surface area (Å²) in [6.07, 6.45) is 0. The topological polar surface area (TPSA) is 12.0 Å². The first-order valence-electron chi connectivity index (χ1n) is 5.72. The number of hydrogen-bond donors (Lipinski definition) is 1. The van der Waals surface area contributed by atoms with Crippen molar-refractivity contribution in [2.24, 2.45) is 0 Å². The lowest BCUT2D eigenvalue weighted by atomic mass is 9.99.